The predicted molar refractivity (Wildman–Crippen MR) is 139 cm³/mol. The van der Waals surface area contributed by atoms with Crippen molar-refractivity contribution in [1.82, 2.24) is 9.55 Å². The monoisotopic (exact) mass is 440 g/mol. The van der Waals surface area contributed by atoms with E-state index in [4.69, 9.17) is 9.72 Å². The molecule has 2 aromatic carbocycles. The summed E-state index contributed by atoms with van der Waals surface area (Å²) in [7, 11) is 1.73. The highest BCUT2D eigenvalue weighted by atomic mass is 16.5. The Morgan fingerprint density at radius 1 is 0.818 bits per heavy atom. The first kappa shape index (κ1) is 22.0. The van der Waals surface area contributed by atoms with Crippen molar-refractivity contribution in [2.45, 2.75) is 77.6 Å². The lowest BCUT2D eigenvalue weighted by atomic mass is 9.63. The van der Waals surface area contributed by atoms with E-state index in [-0.39, 0.29) is 16.2 Å². The van der Waals surface area contributed by atoms with Crippen molar-refractivity contribution in [2.75, 3.05) is 7.11 Å². The summed E-state index contributed by atoms with van der Waals surface area (Å²) in [5.74, 6) is 1.83. The Morgan fingerprint density at radius 3 is 2.09 bits per heavy atom. The van der Waals surface area contributed by atoms with E-state index in [1.165, 1.54) is 45.8 Å². The van der Waals surface area contributed by atoms with Crippen LogP contribution >= 0.6 is 0 Å². The van der Waals surface area contributed by atoms with Crippen molar-refractivity contribution in [3.63, 3.8) is 0 Å². The number of pyridine rings is 1. The maximum Gasteiger partial charge on any atom is 0.137 e. The van der Waals surface area contributed by atoms with Crippen LogP contribution in [-0.2, 0) is 16.2 Å². The molecular formula is C30H36N2O. The van der Waals surface area contributed by atoms with Gasteiger partial charge in [-0.15, -0.1) is 0 Å². The summed E-state index contributed by atoms with van der Waals surface area (Å²) >= 11 is 0. The zero-order chi connectivity index (χ0) is 23.8. The number of ether oxygens (including phenoxy) is 1. The number of methoxy groups -OCH3 is 1. The molecule has 2 aromatic heterocycles. The fourth-order valence-corrected chi connectivity index (χ4v) is 5.44. The molecule has 1 aliphatic rings. The zero-order valence-electron chi connectivity index (χ0n) is 21.3. The lowest BCUT2D eigenvalue weighted by Gasteiger charge is -2.42. The molecular weight excluding hydrogens is 404 g/mol. The van der Waals surface area contributed by atoms with Gasteiger partial charge < -0.3 is 4.74 Å². The molecule has 0 amide bonds. The van der Waals surface area contributed by atoms with Gasteiger partial charge in [0.1, 0.15) is 11.6 Å². The lowest BCUT2D eigenvalue weighted by Crippen LogP contribution is -2.33. The Hall–Kier alpha value is -2.81. The quantitative estimate of drug-likeness (QED) is 0.317. The van der Waals surface area contributed by atoms with Crippen LogP contribution in [0.1, 0.15) is 78.0 Å². The minimum Gasteiger partial charge on any atom is -0.497 e. The van der Waals surface area contributed by atoms with Gasteiger partial charge in [-0.1, -0.05) is 48.5 Å². The van der Waals surface area contributed by atoms with Gasteiger partial charge in [0.2, 0.25) is 0 Å². The first-order chi connectivity index (χ1) is 15.4. The molecule has 0 radical (unpaired) electrons. The highest BCUT2D eigenvalue weighted by molar-refractivity contribution is 6.10. The molecule has 0 unspecified atom stereocenters. The van der Waals surface area contributed by atoms with Gasteiger partial charge >= 0.3 is 0 Å². The number of hydrogen-bond acceptors (Lipinski definition) is 2. The maximum absolute atomic E-state index is 5.62. The average Bonchev–Trinajstić information content (AvgIpc) is 3.08. The third-order valence-electron chi connectivity index (χ3n) is 7.79. The van der Waals surface area contributed by atoms with Crippen molar-refractivity contribution in [2.24, 2.45) is 0 Å². The molecule has 0 saturated heterocycles. The molecule has 33 heavy (non-hydrogen) atoms. The Balaban J connectivity index is 1.92. The summed E-state index contributed by atoms with van der Waals surface area (Å²) < 4.78 is 7.95. The van der Waals surface area contributed by atoms with Crippen LogP contribution in [0.3, 0.4) is 0 Å². The summed E-state index contributed by atoms with van der Waals surface area (Å²) in [6.07, 6.45) is 4.35. The molecule has 4 aromatic rings. The van der Waals surface area contributed by atoms with E-state index in [0.29, 0.717) is 0 Å². The normalized spacial score (nSPS) is 17.3. The Bertz CT molecular complexity index is 1380. The minimum atomic E-state index is 0.0549. The molecule has 0 atom stereocenters. The highest BCUT2D eigenvalue weighted by Crippen LogP contribution is 2.48. The van der Waals surface area contributed by atoms with Gasteiger partial charge in [0.15, 0.2) is 0 Å². The van der Waals surface area contributed by atoms with Gasteiger partial charge in [0, 0.05) is 23.0 Å². The third kappa shape index (κ3) is 3.44. The van der Waals surface area contributed by atoms with Gasteiger partial charge in [0.25, 0.3) is 0 Å². The van der Waals surface area contributed by atoms with Gasteiger partial charge in [-0.05, 0) is 82.2 Å². The molecule has 0 fully saturated rings. The van der Waals surface area contributed by atoms with Crippen molar-refractivity contribution >= 4 is 21.8 Å². The lowest BCUT2D eigenvalue weighted by molar-refractivity contribution is 0.332. The second kappa shape index (κ2) is 7.09. The number of nitrogens with zero attached hydrogens (tertiary/aromatic N) is 2. The molecule has 1 aliphatic carbocycles. The second-order valence-corrected chi connectivity index (χ2v) is 12.1. The van der Waals surface area contributed by atoms with Crippen LogP contribution in [0, 0.1) is 0 Å². The molecule has 3 heteroatoms. The fourth-order valence-electron chi connectivity index (χ4n) is 5.44. The second-order valence-electron chi connectivity index (χ2n) is 12.1. The first-order valence-electron chi connectivity index (χ1n) is 12.1. The largest absolute Gasteiger partial charge is 0.497 e. The van der Waals surface area contributed by atoms with Crippen molar-refractivity contribution in [1.29, 1.82) is 0 Å². The van der Waals surface area contributed by atoms with Gasteiger partial charge in [-0.2, -0.15) is 0 Å². The molecule has 0 saturated carbocycles. The van der Waals surface area contributed by atoms with Crippen LogP contribution < -0.4 is 4.74 Å². The standard InChI is InChI=1S/C30H36N2O/c1-28(2,3)19-11-14-31-27(15-19)32-25-16-20(33-8)9-10-21(25)22-17-23-24(18-26(22)32)30(6,7)13-12-29(23,4)5/h9-11,14-18H,12-13H2,1-8H3. The third-order valence-corrected chi connectivity index (χ3v) is 7.79. The van der Waals surface area contributed by atoms with Crippen molar-refractivity contribution < 1.29 is 4.74 Å². The van der Waals surface area contributed by atoms with E-state index in [1.54, 1.807) is 7.11 Å². The predicted octanol–water partition coefficient (Wildman–Crippen LogP) is 7.83. The van der Waals surface area contributed by atoms with Crippen molar-refractivity contribution in [3.05, 3.63) is 65.4 Å². The van der Waals surface area contributed by atoms with E-state index in [1.807, 2.05) is 6.20 Å². The van der Waals surface area contributed by atoms with Crippen LogP contribution in [-0.4, -0.2) is 16.7 Å². The average molecular weight is 441 g/mol. The Morgan fingerprint density at radius 2 is 1.45 bits per heavy atom. The number of hydrogen-bond donors (Lipinski definition) is 0. The molecule has 2 heterocycles. The summed E-state index contributed by atoms with van der Waals surface area (Å²) in [6.45, 7) is 16.3. The van der Waals surface area contributed by atoms with Gasteiger partial charge in [-0.25, -0.2) is 4.98 Å². The SMILES string of the molecule is COc1ccc2c3cc4c(cc3n(-c3cc(C(C)(C)C)ccn3)c2c1)C(C)(C)CCC4(C)C. The van der Waals surface area contributed by atoms with Crippen LogP contribution in [0.5, 0.6) is 5.75 Å². The van der Waals surface area contributed by atoms with Crippen LogP contribution in [0.25, 0.3) is 27.6 Å². The maximum atomic E-state index is 5.62. The number of aromatic nitrogens is 2. The molecule has 0 bridgehead atoms. The van der Waals surface area contributed by atoms with E-state index in [2.05, 4.69) is 95.5 Å². The van der Waals surface area contributed by atoms with E-state index in [0.717, 1.165) is 17.1 Å². The van der Waals surface area contributed by atoms with E-state index >= 15 is 0 Å². The van der Waals surface area contributed by atoms with Gasteiger partial charge in [-0.3, -0.25) is 4.57 Å². The van der Waals surface area contributed by atoms with Crippen molar-refractivity contribution in [3.8, 4) is 11.6 Å². The first-order valence-corrected chi connectivity index (χ1v) is 12.1. The number of fused-ring (bicyclic) bond motifs is 4. The summed E-state index contributed by atoms with van der Waals surface area (Å²) in [5, 5.41) is 2.54. The summed E-state index contributed by atoms with van der Waals surface area (Å²) in [5.41, 5.74) is 6.97. The van der Waals surface area contributed by atoms with Crippen LogP contribution in [0.2, 0.25) is 0 Å². The highest BCUT2D eigenvalue weighted by Gasteiger charge is 2.38. The molecule has 0 aliphatic heterocycles. The molecule has 0 N–H and O–H groups in total. The molecule has 0 spiro atoms. The fraction of sp³-hybridized carbons (Fsp3) is 0.433. The smallest absolute Gasteiger partial charge is 0.137 e. The van der Waals surface area contributed by atoms with E-state index in [9.17, 15) is 0 Å². The van der Waals surface area contributed by atoms with Crippen LogP contribution in [0.4, 0.5) is 0 Å². The zero-order valence-corrected chi connectivity index (χ0v) is 21.3. The molecule has 3 nitrogen and oxygen atoms in total. The number of benzene rings is 2. The van der Waals surface area contributed by atoms with E-state index < -0.39 is 0 Å². The minimum absolute atomic E-state index is 0.0549. The van der Waals surface area contributed by atoms with Crippen LogP contribution in [0.15, 0.2) is 48.7 Å². The summed E-state index contributed by atoms with van der Waals surface area (Å²) in [6, 6.07) is 15.7. The Kier molecular flexibility index (Phi) is 4.73. The topological polar surface area (TPSA) is 27.1 Å². The molecule has 172 valence electrons. The molecule has 5 rings (SSSR count). The Labute approximate surface area is 197 Å². The number of rotatable bonds is 2. The van der Waals surface area contributed by atoms with Gasteiger partial charge in [0.05, 0.1) is 18.1 Å². The summed E-state index contributed by atoms with van der Waals surface area (Å²) in [4.78, 5) is 4.85.